The molecule has 1 aromatic carbocycles. The average Bonchev–Trinajstić information content (AvgIpc) is 2.47. The van der Waals surface area contributed by atoms with E-state index in [1.165, 1.54) is 19.3 Å². The molecule has 0 radical (unpaired) electrons. The number of carbonyl (C=O) groups excluding carboxylic acids is 1. The molecule has 1 amide bonds. The normalized spacial score (nSPS) is 29.5. The number of hydrogen-bond donors (Lipinski definition) is 2. The van der Waals surface area contributed by atoms with E-state index in [0.29, 0.717) is 24.4 Å². The van der Waals surface area contributed by atoms with Gasteiger partial charge in [0.2, 0.25) is 5.91 Å². The van der Waals surface area contributed by atoms with E-state index in [1.54, 1.807) is 0 Å². The van der Waals surface area contributed by atoms with Crippen LogP contribution in [-0.2, 0) is 11.2 Å². The lowest BCUT2D eigenvalue weighted by Gasteiger charge is -2.43. The molecule has 2 atom stereocenters. The van der Waals surface area contributed by atoms with Crippen LogP contribution in [0, 0.1) is 17.8 Å². The maximum absolute atomic E-state index is 12.4. The Morgan fingerprint density at radius 3 is 2.61 bits per heavy atom. The van der Waals surface area contributed by atoms with Crippen molar-refractivity contribution in [3.05, 3.63) is 34.9 Å². The minimum Gasteiger partial charge on any atom is -0.356 e. The van der Waals surface area contributed by atoms with Crippen molar-refractivity contribution in [2.24, 2.45) is 23.5 Å². The van der Waals surface area contributed by atoms with Gasteiger partial charge in [-0.3, -0.25) is 4.79 Å². The molecule has 0 heterocycles. The summed E-state index contributed by atoms with van der Waals surface area (Å²) in [6.45, 7) is 0.678. The second-order valence-electron chi connectivity index (χ2n) is 6.87. The molecule has 128 valence electrons. The number of nitrogens with one attached hydrogen (secondary N) is 1. The Bertz CT molecular complexity index is 524. The van der Waals surface area contributed by atoms with Crippen molar-refractivity contribution in [2.75, 3.05) is 6.54 Å². The minimum absolute atomic E-state index is 0. The minimum atomic E-state index is 0. The van der Waals surface area contributed by atoms with Crippen LogP contribution in [0.3, 0.4) is 0 Å². The molecule has 2 saturated carbocycles. The number of carbonyl (C=O) groups is 1. The Kier molecular flexibility index (Phi) is 6.75. The monoisotopic (exact) mass is 356 g/mol. The van der Waals surface area contributed by atoms with Gasteiger partial charge in [0.1, 0.15) is 0 Å². The van der Waals surface area contributed by atoms with E-state index in [9.17, 15) is 4.79 Å². The van der Waals surface area contributed by atoms with E-state index >= 15 is 0 Å². The number of nitrogens with two attached hydrogens (primary N) is 1. The van der Waals surface area contributed by atoms with Gasteiger partial charge < -0.3 is 11.1 Å². The molecule has 2 aliphatic carbocycles. The molecule has 5 heteroatoms. The van der Waals surface area contributed by atoms with Gasteiger partial charge in [-0.1, -0.05) is 30.2 Å². The van der Waals surface area contributed by atoms with Crippen molar-refractivity contribution in [3.63, 3.8) is 0 Å². The fourth-order valence-electron chi connectivity index (χ4n) is 4.17. The topological polar surface area (TPSA) is 55.1 Å². The first-order valence-electron chi connectivity index (χ1n) is 8.41. The largest absolute Gasteiger partial charge is 0.356 e. The number of benzene rings is 1. The molecule has 0 spiro atoms. The third-order valence-electron chi connectivity index (χ3n) is 5.39. The summed E-state index contributed by atoms with van der Waals surface area (Å²) in [5.41, 5.74) is 7.46. The van der Waals surface area contributed by atoms with Crippen molar-refractivity contribution < 1.29 is 4.79 Å². The highest BCUT2D eigenvalue weighted by Gasteiger charge is 2.40. The molecule has 3 nitrogen and oxygen atoms in total. The molecular weight excluding hydrogens is 331 g/mol. The second-order valence-corrected chi connectivity index (χ2v) is 7.30. The number of rotatable bonds is 4. The zero-order valence-corrected chi connectivity index (χ0v) is 14.9. The third-order valence-corrected chi connectivity index (χ3v) is 5.62. The lowest BCUT2D eigenvalue weighted by atomic mass is 9.65. The summed E-state index contributed by atoms with van der Waals surface area (Å²) < 4.78 is 0. The summed E-state index contributed by atoms with van der Waals surface area (Å²) in [6.07, 6.45) is 6.45. The van der Waals surface area contributed by atoms with E-state index in [4.69, 9.17) is 17.3 Å². The number of fused-ring (bicyclic) bond motifs is 2. The summed E-state index contributed by atoms with van der Waals surface area (Å²) >= 11 is 5.98. The van der Waals surface area contributed by atoms with Gasteiger partial charge >= 0.3 is 0 Å². The summed E-state index contributed by atoms with van der Waals surface area (Å²) in [6, 6.07) is 8.14. The van der Waals surface area contributed by atoms with Crippen molar-refractivity contribution in [2.45, 2.75) is 44.6 Å². The van der Waals surface area contributed by atoms with Crippen LogP contribution in [0.25, 0.3) is 0 Å². The first-order chi connectivity index (χ1) is 10.6. The van der Waals surface area contributed by atoms with Gasteiger partial charge in [0.15, 0.2) is 0 Å². The average molecular weight is 357 g/mol. The molecule has 2 fully saturated rings. The smallest absolute Gasteiger partial charge is 0.223 e. The van der Waals surface area contributed by atoms with E-state index in [2.05, 4.69) is 5.32 Å². The summed E-state index contributed by atoms with van der Waals surface area (Å²) in [4.78, 5) is 12.4. The van der Waals surface area contributed by atoms with Crippen molar-refractivity contribution in [1.82, 2.24) is 5.32 Å². The van der Waals surface area contributed by atoms with Gasteiger partial charge in [0, 0.05) is 23.5 Å². The zero-order valence-electron chi connectivity index (χ0n) is 13.3. The highest BCUT2D eigenvalue weighted by molar-refractivity contribution is 6.30. The van der Waals surface area contributed by atoms with Crippen molar-refractivity contribution in [1.29, 1.82) is 0 Å². The van der Waals surface area contributed by atoms with Gasteiger partial charge in [-0.25, -0.2) is 0 Å². The van der Waals surface area contributed by atoms with E-state index in [1.807, 2.05) is 24.3 Å². The molecule has 3 rings (SSSR count). The summed E-state index contributed by atoms with van der Waals surface area (Å²) in [5.74, 6) is 1.48. The van der Waals surface area contributed by atoms with Crippen LogP contribution in [0.15, 0.2) is 24.3 Å². The standard InChI is InChI=1S/C18H25ClN2O.ClH/c19-16-6-1-3-12(9-16)7-8-21-18(22)15-10-13-4-2-5-14(11-15)17(13)20;/h1,3,6,9,13-15,17H,2,4-5,7-8,10-11,20H2,(H,21,22);1H. The Balaban J connectivity index is 0.00000192. The predicted octanol–water partition coefficient (Wildman–Crippen LogP) is 3.57. The summed E-state index contributed by atoms with van der Waals surface area (Å²) in [5, 5.41) is 3.85. The van der Waals surface area contributed by atoms with E-state index in [0.717, 1.165) is 29.8 Å². The quantitative estimate of drug-likeness (QED) is 0.866. The maximum Gasteiger partial charge on any atom is 0.223 e. The molecule has 1 aromatic rings. The lowest BCUT2D eigenvalue weighted by molar-refractivity contribution is -0.127. The fraction of sp³-hybridized carbons (Fsp3) is 0.611. The first-order valence-corrected chi connectivity index (χ1v) is 8.79. The van der Waals surface area contributed by atoms with Gasteiger partial charge in [-0.2, -0.15) is 0 Å². The van der Waals surface area contributed by atoms with Crippen molar-refractivity contribution in [3.8, 4) is 0 Å². The van der Waals surface area contributed by atoms with E-state index < -0.39 is 0 Å². The fourth-order valence-corrected chi connectivity index (χ4v) is 4.38. The second kappa shape index (κ2) is 8.36. The molecule has 23 heavy (non-hydrogen) atoms. The molecule has 0 aliphatic heterocycles. The van der Waals surface area contributed by atoms with Crippen LogP contribution >= 0.6 is 24.0 Å². The van der Waals surface area contributed by atoms with Gasteiger partial charge in [0.25, 0.3) is 0 Å². The maximum atomic E-state index is 12.4. The Morgan fingerprint density at radius 1 is 1.26 bits per heavy atom. The summed E-state index contributed by atoms with van der Waals surface area (Å²) in [7, 11) is 0. The van der Waals surface area contributed by atoms with Crippen LogP contribution in [-0.4, -0.2) is 18.5 Å². The number of halogens is 2. The van der Waals surface area contributed by atoms with Crippen LogP contribution in [0.2, 0.25) is 5.02 Å². The third kappa shape index (κ3) is 4.62. The first kappa shape index (κ1) is 18.6. The zero-order chi connectivity index (χ0) is 15.5. The van der Waals surface area contributed by atoms with Crippen LogP contribution < -0.4 is 11.1 Å². The molecule has 0 saturated heterocycles. The Hall–Kier alpha value is -0.770. The molecular formula is C18H26Cl2N2O. The van der Waals surface area contributed by atoms with Crippen LogP contribution in [0.1, 0.15) is 37.7 Å². The number of hydrogen-bond acceptors (Lipinski definition) is 2. The molecule has 0 aromatic heterocycles. The molecule has 2 unspecified atom stereocenters. The van der Waals surface area contributed by atoms with E-state index in [-0.39, 0.29) is 24.2 Å². The Labute approximate surface area is 149 Å². The van der Waals surface area contributed by atoms with Gasteiger partial charge in [0.05, 0.1) is 0 Å². The predicted molar refractivity (Wildman–Crippen MR) is 96.9 cm³/mol. The highest BCUT2D eigenvalue weighted by Crippen LogP contribution is 2.41. The highest BCUT2D eigenvalue weighted by atomic mass is 35.5. The SMILES string of the molecule is Cl.NC1C2CCCC1CC(C(=O)NCCc1cccc(Cl)c1)C2. The van der Waals surface area contributed by atoms with Crippen LogP contribution in [0.5, 0.6) is 0 Å². The van der Waals surface area contributed by atoms with Crippen molar-refractivity contribution >= 4 is 29.9 Å². The van der Waals surface area contributed by atoms with Gasteiger partial charge in [-0.15, -0.1) is 12.4 Å². The number of amides is 1. The Morgan fingerprint density at radius 2 is 1.96 bits per heavy atom. The van der Waals surface area contributed by atoms with Crippen LogP contribution in [0.4, 0.5) is 0 Å². The molecule has 2 aliphatic rings. The lowest BCUT2D eigenvalue weighted by Crippen LogP contribution is -2.49. The molecule has 3 N–H and O–H groups in total. The van der Waals surface area contributed by atoms with Gasteiger partial charge in [-0.05, 0) is 61.6 Å². The molecule has 2 bridgehead atoms.